The van der Waals surface area contributed by atoms with Crippen LogP contribution in [-0.2, 0) is 4.79 Å². The van der Waals surface area contributed by atoms with Gasteiger partial charge < -0.3 is 15.7 Å². The number of rotatable bonds is 3. The SMILES string of the molecule is O=C(O)c1cnc(C(=O)NC2CCCCNC2=O)cn1. The third-order valence-corrected chi connectivity index (χ3v) is 2.94. The molecule has 1 saturated heterocycles. The molecule has 1 aromatic heterocycles. The summed E-state index contributed by atoms with van der Waals surface area (Å²) < 4.78 is 0. The van der Waals surface area contributed by atoms with Gasteiger partial charge in [0.25, 0.3) is 5.91 Å². The van der Waals surface area contributed by atoms with Crippen molar-refractivity contribution in [3.8, 4) is 0 Å². The highest BCUT2D eigenvalue weighted by molar-refractivity contribution is 5.96. The van der Waals surface area contributed by atoms with Gasteiger partial charge in [-0.1, -0.05) is 0 Å². The fourth-order valence-corrected chi connectivity index (χ4v) is 1.86. The summed E-state index contributed by atoms with van der Waals surface area (Å²) in [6.45, 7) is 0.609. The lowest BCUT2D eigenvalue weighted by Gasteiger charge is -2.14. The lowest BCUT2D eigenvalue weighted by molar-refractivity contribution is -0.122. The molecule has 0 aliphatic carbocycles. The number of aromatic carboxylic acids is 1. The van der Waals surface area contributed by atoms with E-state index in [-0.39, 0.29) is 17.3 Å². The summed E-state index contributed by atoms with van der Waals surface area (Å²) in [6.07, 6.45) is 4.37. The van der Waals surface area contributed by atoms with Crippen molar-refractivity contribution in [1.29, 1.82) is 0 Å². The molecule has 0 bridgehead atoms. The largest absolute Gasteiger partial charge is 0.476 e. The highest BCUT2D eigenvalue weighted by Crippen LogP contribution is 2.06. The van der Waals surface area contributed by atoms with Crippen molar-refractivity contribution in [1.82, 2.24) is 20.6 Å². The normalized spacial score (nSPS) is 18.8. The van der Waals surface area contributed by atoms with Crippen LogP contribution in [0.1, 0.15) is 40.2 Å². The summed E-state index contributed by atoms with van der Waals surface area (Å²) >= 11 is 0. The first kappa shape index (κ1) is 13.9. The van der Waals surface area contributed by atoms with Gasteiger partial charge in [0, 0.05) is 6.54 Å². The van der Waals surface area contributed by atoms with Crippen molar-refractivity contribution in [2.24, 2.45) is 0 Å². The molecule has 3 N–H and O–H groups in total. The summed E-state index contributed by atoms with van der Waals surface area (Å²) in [5.74, 6) is -1.98. The van der Waals surface area contributed by atoms with Crippen LogP contribution >= 0.6 is 0 Å². The molecule has 1 aliphatic rings. The van der Waals surface area contributed by atoms with Crippen LogP contribution in [0.15, 0.2) is 12.4 Å². The van der Waals surface area contributed by atoms with Crippen LogP contribution in [0.25, 0.3) is 0 Å². The molecule has 2 rings (SSSR count). The maximum Gasteiger partial charge on any atom is 0.356 e. The van der Waals surface area contributed by atoms with Gasteiger partial charge in [0.1, 0.15) is 11.7 Å². The first-order chi connectivity index (χ1) is 9.58. The number of carboxylic acid groups (broad SMARTS) is 1. The van der Waals surface area contributed by atoms with Gasteiger partial charge in [-0.25, -0.2) is 14.8 Å². The summed E-state index contributed by atoms with van der Waals surface area (Å²) in [7, 11) is 0. The number of amides is 2. The average Bonchev–Trinajstić information content (AvgIpc) is 2.64. The molecule has 1 aliphatic heterocycles. The van der Waals surface area contributed by atoms with Crippen molar-refractivity contribution in [2.45, 2.75) is 25.3 Å². The number of hydrogen-bond donors (Lipinski definition) is 3. The zero-order valence-corrected chi connectivity index (χ0v) is 10.6. The van der Waals surface area contributed by atoms with E-state index in [0.717, 1.165) is 25.2 Å². The van der Waals surface area contributed by atoms with E-state index in [9.17, 15) is 14.4 Å². The molecule has 20 heavy (non-hydrogen) atoms. The van der Waals surface area contributed by atoms with E-state index in [1.54, 1.807) is 0 Å². The standard InChI is InChI=1S/C12H14N4O4/c17-10-7(3-1-2-4-13-10)16-11(18)8-5-15-9(6-14-8)12(19)20/h5-7H,1-4H2,(H,13,17)(H,16,18)(H,19,20). The number of aromatic nitrogens is 2. The maximum atomic E-state index is 11.9. The van der Waals surface area contributed by atoms with Crippen molar-refractivity contribution >= 4 is 17.8 Å². The van der Waals surface area contributed by atoms with Crippen molar-refractivity contribution in [3.05, 3.63) is 23.8 Å². The summed E-state index contributed by atoms with van der Waals surface area (Å²) in [4.78, 5) is 41.6. The molecule has 2 amide bonds. The molecular formula is C12H14N4O4. The fraction of sp³-hybridized carbons (Fsp3) is 0.417. The molecule has 1 unspecified atom stereocenters. The lowest BCUT2D eigenvalue weighted by Crippen LogP contribution is -2.45. The fourth-order valence-electron chi connectivity index (χ4n) is 1.86. The van der Waals surface area contributed by atoms with Gasteiger partial charge in [-0.2, -0.15) is 0 Å². The number of carboxylic acids is 1. The van der Waals surface area contributed by atoms with Crippen LogP contribution < -0.4 is 10.6 Å². The van der Waals surface area contributed by atoms with Crippen molar-refractivity contribution in [2.75, 3.05) is 6.54 Å². The van der Waals surface area contributed by atoms with E-state index >= 15 is 0 Å². The van der Waals surface area contributed by atoms with Gasteiger partial charge >= 0.3 is 5.97 Å². The van der Waals surface area contributed by atoms with Crippen LogP contribution in [0.3, 0.4) is 0 Å². The molecule has 1 aromatic rings. The summed E-state index contributed by atoms with van der Waals surface area (Å²) in [6, 6.07) is -0.592. The van der Waals surface area contributed by atoms with Crippen LogP contribution in [0.5, 0.6) is 0 Å². The topological polar surface area (TPSA) is 121 Å². The average molecular weight is 278 g/mol. The molecule has 2 heterocycles. The third-order valence-electron chi connectivity index (χ3n) is 2.94. The Bertz CT molecular complexity index is 529. The molecule has 1 atom stereocenters. The smallest absolute Gasteiger partial charge is 0.356 e. The van der Waals surface area contributed by atoms with E-state index in [2.05, 4.69) is 20.6 Å². The zero-order valence-electron chi connectivity index (χ0n) is 10.6. The van der Waals surface area contributed by atoms with Crippen LogP contribution in [-0.4, -0.2) is 45.4 Å². The Morgan fingerprint density at radius 2 is 1.95 bits per heavy atom. The minimum absolute atomic E-state index is 0.0213. The predicted octanol–water partition coefficient (Wildman–Crippen LogP) is -0.427. The molecule has 0 spiro atoms. The lowest BCUT2D eigenvalue weighted by atomic mass is 10.1. The molecule has 106 valence electrons. The van der Waals surface area contributed by atoms with Crippen LogP contribution in [0, 0.1) is 0 Å². The Kier molecular flexibility index (Phi) is 4.24. The van der Waals surface area contributed by atoms with Gasteiger partial charge in [0.05, 0.1) is 12.4 Å². The second-order valence-corrected chi connectivity index (χ2v) is 4.40. The minimum Gasteiger partial charge on any atom is -0.476 e. The van der Waals surface area contributed by atoms with E-state index in [0.29, 0.717) is 13.0 Å². The Labute approximate surface area is 114 Å². The number of hydrogen-bond acceptors (Lipinski definition) is 5. The third kappa shape index (κ3) is 3.28. The minimum atomic E-state index is -1.22. The van der Waals surface area contributed by atoms with Gasteiger partial charge in [-0.3, -0.25) is 9.59 Å². The predicted molar refractivity (Wildman–Crippen MR) is 67.1 cm³/mol. The van der Waals surface area contributed by atoms with Gasteiger partial charge in [0.15, 0.2) is 5.69 Å². The van der Waals surface area contributed by atoms with E-state index in [1.807, 2.05) is 0 Å². The first-order valence-electron chi connectivity index (χ1n) is 6.22. The monoisotopic (exact) mass is 278 g/mol. The molecule has 0 aromatic carbocycles. The molecule has 8 nitrogen and oxygen atoms in total. The summed E-state index contributed by atoms with van der Waals surface area (Å²) in [5.41, 5.74) is -0.263. The number of nitrogens with one attached hydrogen (secondary N) is 2. The first-order valence-corrected chi connectivity index (χ1v) is 6.22. The van der Waals surface area contributed by atoms with E-state index in [4.69, 9.17) is 5.11 Å². The Hall–Kier alpha value is -2.51. The Morgan fingerprint density at radius 3 is 2.60 bits per heavy atom. The zero-order chi connectivity index (χ0) is 14.5. The summed E-state index contributed by atoms with van der Waals surface area (Å²) in [5, 5.41) is 14.0. The quantitative estimate of drug-likeness (QED) is 0.690. The highest BCUT2D eigenvalue weighted by Gasteiger charge is 2.23. The molecule has 0 saturated carbocycles. The number of nitrogens with zero attached hydrogens (tertiary/aromatic N) is 2. The number of carbonyl (C=O) groups excluding carboxylic acids is 2. The van der Waals surface area contributed by atoms with Crippen LogP contribution in [0.4, 0.5) is 0 Å². The molecular weight excluding hydrogens is 264 g/mol. The second kappa shape index (κ2) is 6.09. The Balaban J connectivity index is 2.03. The molecule has 1 fully saturated rings. The van der Waals surface area contributed by atoms with Gasteiger partial charge in [0.2, 0.25) is 5.91 Å². The van der Waals surface area contributed by atoms with E-state index < -0.39 is 17.9 Å². The van der Waals surface area contributed by atoms with E-state index in [1.165, 1.54) is 0 Å². The maximum absolute atomic E-state index is 11.9. The van der Waals surface area contributed by atoms with Gasteiger partial charge in [-0.15, -0.1) is 0 Å². The second-order valence-electron chi connectivity index (χ2n) is 4.40. The molecule has 0 radical (unpaired) electrons. The number of carbonyl (C=O) groups is 3. The Morgan fingerprint density at radius 1 is 1.25 bits per heavy atom. The van der Waals surface area contributed by atoms with Crippen molar-refractivity contribution in [3.63, 3.8) is 0 Å². The van der Waals surface area contributed by atoms with Gasteiger partial charge in [-0.05, 0) is 19.3 Å². The van der Waals surface area contributed by atoms with Crippen LogP contribution in [0.2, 0.25) is 0 Å². The highest BCUT2D eigenvalue weighted by atomic mass is 16.4. The molecule has 8 heteroatoms. The van der Waals surface area contributed by atoms with Crippen molar-refractivity contribution < 1.29 is 19.5 Å².